The molecule has 1 fully saturated rings. The molecule has 2 atom stereocenters. The van der Waals surface area contributed by atoms with Crippen molar-refractivity contribution in [2.24, 2.45) is 11.8 Å². The van der Waals surface area contributed by atoms with Gasteiger partial charge in [-0.25, -0.2) is 8.42 Å². The van der Waals surface area contributed by atoms with Gasteiger partial charge in [-0.05, 0) is 52.1 Å². The molecule has 1 N–H and O–H groups in total. The minimum Gasteiger partial charge on any atom is -0.481 e. The Morgan fingerprint density at radius 2 is 2.33 bits per heavy atom. The molecule has 0 amide bonds. The summed E-state index contributed by atoms with van der Waals surface area (Å²) in [5.41, 5.74) is 0. The van der Waals surface area contributed by atoms with Crippen molar-refractivity contribution in [2.45, 2.75) is 30.4 Å². The van der Waals surface area contributed by atoms with Gasteiger partial charge in [-0.15, -0.1) is 11.3 Å². The fourth-order valence-electron chi connectivity index (χ4n) is 2.68. The molecule has 0 radical (unpaired) electrons. The van der Waals surface area contributed by atoms with Crippen molar-refractivity contribution in [1.82, 2.24) is 4.31 Å². The lowest BCUT2D eigenvalue weighted by Gasteiger charge is -2.34. The van der Waals surface area contributed by atoms with Gasteiger partial charge >= 0.3 is 5.97 Å². The van der Waals surface area contributed by atoms with Crippen molar-refractivity contribution in [3.05, 3.63) is 15.9 Å². The third-order valence-electron chi connectivity index (χ3n) is 3.88. The van der Waals surface area contributed by atoms with Gasteiger partial charge in [0.2, 0.25) is 0 Å². The molecule has 5 nitrogen and oxygen atoms in total. The third kappa shape index (κ3) is 3.85. The molecule has 1 aromatic heterocycles. The van der Waals surface area contributed by atoms with E-state index in [0.717, 1.165) is 12.8 Å². The van der Waals surface area contributed by atoms with E-state index in [2.05, 4.69) is 15.9 Å². The normalized spacial score (nSPS) is 22.1. The van der Waals surface area contributed by atoms with Crippen LogP contribution < -0.4 is 0 Å². The van der Waals surface area contributed by atoms with Gasteiger partial charge in [0.15, 0.2) is 0 Å². The predicted octanol–water partition coefficient (Wildman–Crippen LogP) is 3.02. The Hall–Kier alpha value is -0.440. The van der Waals surface area contributed by atoms with Gasteiger partial charge in [-0.3, -0.25) is 4.79 Å². The van der Waals surface area contributed by atoms with Crippen molar-refractivity contribution in [1.29, 1.82) is 0 Å². The molecule has 2 heterocycles. The van der Waals surface area contributed by atoms with Crippen molar-refractivity contribution in [3.8, 4) is 0 Å². The van der Waals surface area contributed by atoms with Crippen LogP contribution in [-0.2, 0) is 14.8 Å². The average Bonchev–Trinajstić information content (AvgIpc) is 2.85. The average molecular weight is 396 g/mol. The summed E-state index contributed by atoms with van der Waals surface area (Å²) in [6.07, 6.45) is 1.74. The first kappa shape index (κ1) is 16.9. The van der Waals surface area contributed by atoms with E-state index in [1.807, 2.05) is 6.92 Å². The number of rotatable bonds is 5. The Balaban J connectivity index is 2.14. The van der Waals surface area contributed by atoms with E-state index < -0.39 is 16.0 Å². The third-order valence-corrected chi connectivity index (χ3v) is 8.39. The summed E-state index contributed by atoms with van der Waals surface area (Å²) in [5.74, 6) is -0.751. The number of sulfonamides is 1. The second-order valence-corrected chi connectivity index (χ2v) is 9.30. The van der Waals surface area contributed by atoms with Gasteiger partial charge in [0.25, 0.3) is 10.0 Å². The van der Waals surface area contributed by atoms with E-state index in [9.17, 15) is 13.2 Å². The second kappa shape index (κ2) is 6.76. The monoisotopic (exact) mass is 395 g/mol. The van der Waals surface area contributed by atoms with Crippen LogP contribution in [0.2, 0.25) is 0 Å². The molecular formula is C13H18BrNO4S2. The Labute approximate surface area is 137 Å². The zero-order valence-corrected chi connectivity index (χ0v) is 14.9. The topological polar surface area (TPSA) is 74.7 Å². The molecule has 2 unspecified atom stereocenters. The van der Waals surface area contributed by atoms with Crippen LogP contribution in [0.5, 0.6) is 0 Å². The number of hydrogen-bond donors (Lipinski definition) is 1. The van der Waals surface area contributed by atoms with Gasteiger partial charge in [0, 0.05) is 24.0 Å². The second-order valence-electron chi connectivity index (χ2n) is 5.40. The Morgan fingerprint density at radius 3 is 2.90 bits per heavy atom. The lowest BCUT2D eigenvalue weighted by atomic mass is 9.85. The predicted molar refractivity (Wildman–Crippen MR) is 84.9 cm³/mol. The highest BCUT2D eigenvalue weighted by Crippen LogP contribution is 2.34. The van der Waals surface area contributed by atoms with Crippen LogP contribution in [0.4, 0.5) is 0 Å². The highest BCUT2D eigenvalue weighted by atomic mass is 79.9. The Morgan fingerprint density at radius 1 is 1.62 bits per heavy atom. The molecule has 1 aliphatic heterocycles. The standard InChI is InChI=1S/C13H18BrNO4S2/c1-9(7-12(16)17)10-3-2-5-15(8-10)21(18,19)13-11(14)4-6-20-13/h4,6,9-10H,2-3,5,7-8H2,1H3,(H,16,17). The summed E-state index contributed by atoms with van der Waals surface area (Å²) < 4.78 is 27.7. The molecule has 8 heteroatoms. The van der Waals surface area contributed by atoms with E-state index in [0.29, 0.717) is 21.8 Å². The summed E-state index contributed by atoms with van der Waals surface area (Å²) in [6.45, 7) is 2.79. The van der Waals surface area contributed by atoms with Crippen LogP contribution in [0, 0.1) is 11.8 Å². The first-order chi connectivity index (χ1) is 9.82. The molecule has 118 valence electrons. The Kier molecular flexibility index (Phi) is 5.45. The lowest BCUT2D eigenvalue weighted by Crippen LogP contribution is -2.41. The number of halogens is 1. The highest BCUT2D eigenvalue weighted by Gasteiger charge is 2.34. The first-order valence-electron chi connectivity index (χ1n) is 6.77. The minimum atomic E-state index is -3.49. The maximum atomic E-state index is 12.6. The van der Waals surface area contributed by atoms with Crippen molar-refractivity contribution in [3.63, 3.8) is 0 Å². The molecule has 1 aromatic rings. The van der Waals surface area contributed by atoms with Crippen LogP contribution >= 0.6 is 27.3 Å². The number of carbonyl (C=O) groups is 1. The maximum Gasteiger partial charge on any atom is 0.303 e. The summed E-state index contributed by atoms with van der Waals surface area (Å²) in [4.78, 5) is 10.8. The van der Waals surface area contributed by atoms with Crippen molar-refractivity contribution >= 4 is 43.3 Å². The summed E-state index contributed by atoms with van der Waals surface area (Å²) in [7, 11) is -3.49. The summed E-state index contributed by atoms with van der Waals surface area (Å²) in [6, 6.07) is 1.73. The summed E-state index contributed by atoms with van der Waals surface area (Å²) >= 11 is 4.47. The SMILES string of the molecule is CC(CC(=O)O)C1CCCN(S(=O)(=O)c2sccc2Br)C1. The molecule has 21 heavy (non-hydrogen) atoms. The van der Waals surface area contributed by atoms with Gasteiger partial charge in [-0.2, -0.15) is 4.31 Å². The van der Waals surface area contributed by atoms with E-state index in [1.54, 1.807) is 11.4 Å². The largest absolute Gasteiger partial charge is 0.481 e. The number of hydrogen-bond acceptors (Lipinski definition) is 4. The van der Waals surface area contributed by atoms with Gasteiger partial charge < -0.3 is 5.11 Å². The van der Waals surface area contributed by atoms with Crippen LogP contribution in [-0.4, -0.2) is 36.9 Å². The van der Waals surface area contributed by atoms with E-state index in [4.69, 9.17) is 5.11 Å². The fraction of sp³-hybridized carbons (Fsp3) is 0.615. The smallest absolute Gasteiger partial charge is 0.303 e. The van der Waals surface area contributed by atoms with Crippen molar-refractivity contribution in [2.75, 3.05) is 13.1 Å². The molecule has 2 rings (SSSR count). The van der Waals surface area contributed by atoms with Crippen molar-refractivity contribution < 1.29 is 18.3 Å². The number of aliphatic carboxylic acids is 1. The van der Waals surface area contributed by atoms with E-state index >= 15 is 0 Å². The summed E-state index contributed by atoms with van der Waals surface area (Å²) in [5, 5.41) is 10.6. The molecule has 1 saturated heterocycles. The minimum absolute atomic E-state index is 0.0210. The van der Waals surface area contributed by atoms with Gasteiger partial charge in [0.1, 0.15) is 4.21 Å². The van der Waals surface area contributed by atoms with Gasteiger partial charge in [-0.1, -0.05) is 6.92 Å². The number of carboxylic acids is 1. The van der Waals surface area contributed by atoms with Crippen LogP contribution in [0.3, 0.4) is 0 Å². The Bertz CT molecular complexity index is 613. The first-order valence-corrected chi connectivity index (χ1v) is 9.88. The molecule has 0 aliphatic carbocycles. The number of carboxylic acid groups (broad SMARTS) is 1. The zero-order chi connectivity index (χ0) is 15.6. The van der Waals surface area contributed by atoms with Crippen LogP contribution in [0.15, 0.2) is 20.1 Å². The van der Waals surface area contributed by atoms with Crippen LogP contribution in [0.25, 0.3) is 0 Å². The molecule has 0 spiro atoms. The van der Waals surface area contributed by atoms with E-state index in [-0.39, 0.29) is 18.3 Å². The molecule has 0 bridgehead atoms. The van der Waals surface area contributed by atoms with Gasteiger partial charge in [0.05, 0.1) is 0 Å². The fourth-order valence-corrected chi connectivity index (χ4v) is 6.66. The zero-order valence-electron chi connectivity index (χ0n) is 11.7. The molecule has 0 aromatic carbocycles. The molecule has 1 aliphatic rings. The number of nitrogens with zero attached hydrogens (tertiary/aromatic N) is 1. The number of piperidine rings is 1. The van der Waals surface area contributed by atoms with Crippen LogP contribution in [0.1, 0.15) is 26.2 Å². The van der Waals surface area contributed by atoms with E-state index in [1.165, 1.54) is 15.6 Å². The quantitative estimate of drug-likeness (QED) is 0.830. The molecular weight excluding hydrogens is 378 g/mol. The molecule has 0 saturated carbocycles. The number of thiophene rings is 1. The lowest BCUT2D eigenvalue weighted by molar-refractivity contribution is -0.138. The maximum absolute atomic E-state index is 12.6. The highest BCUT2D eigenvalue weighted by molar-refractivity contribution is 9.10.